The molecule has 0 amide bonds. The fourth-order valence-corrected chi connectivity index (χ4v) is 1.40. The largest absolute Gasteiger partial charge is 0.505 e. The van der Waals surface area contributed by atoms with Gasteiger partial charge in [0.25, 0.3) is 0 Å². The van der Waals surface area contributed by atoms with Crippen molar-refractivity contribution < 1.29 is 4.74 Å². The predicted octanol–water partition coefficient (Wildman–Crippen LogP) is 2.02. The zero-order valence-corrected chi connectivity index (χ0v) is 10.9. The van der Waals surface area contributed by atoms with Crippen molar-refractivity contribution in [3.05, 3.63) is 25.0 Å². The van der Waals surface area contributed by atoms with E-state index < -0.39 is 0 Å². The topological polar surface area (TPSA) is 24.5 Å². The van der Waals surface area contributed by atoms with Crippen LogP contribution in [0.15, 0.2) is 25.0 Å². The van der Waals surface area contributed by atoms with Gasteiger partial charge in [-0.1, -0.05) is 13.0 Å². The minimum absolute atomic E-state index is 0.493. The van der Waals surface area contributed by atoms with Gasteiger partial charge in [0.15, 0.2) is 0 Å². The van der Waals surface area contributed by atoms with Crippen molar-refractivity contribution in [1.82, 2.24) is 10.2 Å². The van der Waals surface area contributed by atoms with Crippen LogP contribution < -0.4 is 5.32 Å². The minimum Gasteiger partial charge on any atom is -0.505 e. The van der Waals surface area contributed by atoms with Gasteiger partial charge in [-0.3, -0.25) is 4.90 Å². The van der Waals surface area contributed by atoms with Crippen LogP contribution in [-0.4, -0.2) is 44.2 Å². The fraction of sp³-hybridized carbons (Fsp3) is 0.692. The molecule has 1 N–H and O–H groups in total. The molecule has 16 heavy (non-hydrogen) atoms. The molecular formula is C13H26N2O. The molecule has 3 heteroatoms. The van der Waals surface area contributed by atoms with Gasteiger partial charge >= 0.3 is 0 Å². The summed E-state index contributed by atoms with van der Waals surface area (Å²) in [6.07, 6.45) is 6.80. The zero-order valence-electron chi connectivity index (χ0n) is 10.9. The van der Waals surface area contributed by atoms with E-state index in [0.717, 1.165) is 32.6 Å². The molecule has 1 unspecified atom stereocenters. The first-order chi connectivity index (χ1) is 7.76. The number of nitrogens with one attached hydrogen (secondary N) is 1. The van der Waals surface area contributed by atoms with Crippen LogP contribution >= 0.6 is 0 Å². The van der Waals surface area contributed by atoms with Gasteiger partial charge in [0.2, 0.25) is 0 Å². The lowest BCUT2D eigenvalue weighted by Gasteiger charge is -2.30. The van der Waals surface area contributed by atoms with Gasteiger partial charge in [0, 0.05) is 32.2 Å². The fourth-order valence-electron chi connectivity index (χ4n) is 1.40. The van der Waals surface area contributed by atoms with Gasteiger partial charge in [-0.15, -0.1) is 6.58 Å². The number of hydrogen-bond acceptors (Lipinski definition) is 3. The highest BCUT2D eigenvalue weighted by Gasteiger charge is 2.13. The third-order valence-electron chi connectivity index (χ3n) is 2.51. The molecule has 1 heterocycles. The Kier molecular flexibility index (Phi) is 10.2. The van der Waals surface area contributed by atoms with E-state index in [2.05, 4.69) is 36.7 Å². The molecular weight excluding hydrogens is 200 g/mol. The maximum Gasteiger partial charge on any atom is 0.0800 e. The van der Waals surface area contributed by atoms with Gasteiger partial charge in [0.05, 0.1) is 13.4 Å². The molecule has 0 aliphatic carbocycles. The normalized spacial score (nSPS) is 18.7. The molecule has 1 fully saturated rings. The summed E-state index contributed by atoms with van der Waals surface area (Å²) in [6, 6.07) is 0.493. The van der Waals surface area contributed by atoms with Crippen LogP contribution in [0.4, 0.5) is 0 Å². The van der Waals surface area contributed by atoms with E-state index in [1.165, 1.54) is 0 Å². The van der Waals surface area contributed by atoms with Crippen molar-refractivity contribution >= 4 is 0 Å². The molecule has 0 aromatic carbocycles. The Hall–Kier alpha value is -0.800. The average Bonchev–Trinajstić information content (AvgIpc) is 2.37. The quantitative estimate of drug-likeness (QED) is 0.586. The second-order valence-corrected chi connectivity index (χ2v) is 3.79. The summed E-state index contributed by atoms with van der Waals surface area (Å²) in [5, 5.41) is 3.33. The lowest BCUT2D eigenvalue weighted by Crippen LogP contribution is -2.46. The average molecular weight is 226 g/mol. The monoisotopic (exact) mass is 226 g/mol. The van der Waals surface area contributed by atoms with E-state index in [0.29, 0.717) is 6.04 Å². The summed E-state index contributed by atoms with van der Waals surface area (Å²) in [4.78, 5) is 2.44. The number of ether oxygens (including phenoxy) is 1. The molecule has 94 valence electrons. The van der Waals surface area contributed by atoms with E-state index >= 15 is 0 Å². The van der Waals surface area contributed by atoms with Gasteiger partial charge < -0.3 is 10.1 Å². The third-order valence-corrected chi connectivity index (χ3v) is 2.51. The summed E-state index contributed by atoms with van der Waals surface area (Å²) in [5.41, 5.74) is 0. The molecule has 1 saturated heterocycles. The molecule has 0 aromatic rings. The molecule has 3 nitrogen and oxygen atoms in total. The first-order valence-corrected chi connectivity index (χ1v) is 6.01. The summed E-state index contributed by atoms with van der Waals surface area (Å²) in [6.45, 7) is 12.2. The molecule has 0 spiro atoms. The van der Waals surface area contributed by atoms with E-state index in [-0.39, 0.29) is 0 Å². The Morgan fingerprint density at radius 1 is 1.44 bits per heavy atom. The van der Waals surface area contributed by atoms with Crippen LogP contribution in [0.5, 0.6) is 0 Å². The Labute approximate surface area is 100 Å². The zero-order chi connectivity index (χ0) is 12.2. The first kappa shape index (κ1) is 15.2. The highest BCUT2D eigenvalue weighted by atomic mass is 16.5. The van der Waals surface area contributed by atoms with Gasteiger partial charge in [0.1, 0.15) is 0 Å². The Bertz CT molecular complexity index is 186. The van der Waals surface area contributed by atoms with E-state index in [1.54, 1.807) is 13.4 Å². The number of piperazine rings is 1. The molecule has 1 aliphatic heterocycles. The molecule has 1 rings (SSSR count). The van der Waals surface area contributed by atoms with E-state index in [1.807, 2.05) is 6.08 Å². The molecule has 0 saturated carbocycles. The number of methoxy groups -OCH3 is 1. The summed E-state index contributed by atoms with van der Waals surface area (Å²) in [7, 11) is 1.68. The van der Waals surface area contributed by atoms with Crippen LogP contribution in [0.25, 0.3) is 0 Å². The van der Waals surface area contributed by atoms with Crippen molar-refractivity contribution in [1.29, 1.82) is 0 Å². The third kappa shape index (κ3) is 7.49. The lowest BCUT2D eigenvalue weighted by atomic mass is 10.2. The van der Waals surface area contributed by atoms with Gasteiger partial charge in [-0.2, -0.15) is 0 Å². The molecule has 0 aromatic heterocycles. The van der Waals surface area contributed by atoms with Crippen molar-refractivity contribution in [3.8, 4) is 0 Å². The van der Waals surface area contributed by atoms with Gasteiger partial charge in [-0.05, 0) is 19.4 Å². The second kappa shape index (κ2) is 10.7. The van der Waals surface area contributed by atoms with Crippen molar-refractivity contribution in [2.45, 2.75) is 26.3 Å². The van der Waals surface area contributed by atoms with Crippen LogP contribution in [0.2, 0.25) is 0 Å². The Balaban J connectivity index is 0.000000487. The predicted molar refractivity (Wildman–Crippen MR) is 70.5 cm³/mol. The smallest absolute Gasteiger partial charge is 0.0800 e. The Morgan fingerprint density at radius 2 is 2.00 bits per heavy atom. The molecule has 1 atom stereocenters. The SMILES string of the molecule is C=CCC.CO/C=C/C(C)N1CCNCC1. The van der Waals surface area contributed by atoms with Crippen LogP contribution in [0, 0.1) is 0 Å². The van der Waals surface area contributed by atoms with E-state index in [9.17, 15) is 0 Å². The van der Waals surface area contributed by atoms with Crippen LogP contribution in [0.1, 0.15) is 20.3 Å². The van der Waals surface area contributed by atoms with Crippen molar-refractivity contribution in [3.63, 3.8) is 0 Å². The van der Waals surface area contributed by atoms with E-state index in [4.69, 9.17) is 4.74 Å². The minimum atomic E-state index is 0.493. The summed E-state index contributed by atoms with van der Waals surface area (Å²) in [5.74, 6) is 0. The van der Waals surface area contributed by atoms with Crippen molar-refractivity contribution in [2.75, 3.05) is 33.3 Å². The molecule has 0 bridgehead atoms. The molecule has 0 radical (unpaired) electrons. The maximum atomic E-state index is 4.88. The maximum absolute atomic E-state index is 4.88. The van der Waals surface area contributed by atoms with Crippen LogP contribution in [0.3, 0.4) is 0 Å². The summed E-state index contributed by atoms with van der Waals surface area (Å²) < 4.78 is 4.88. The highest BCUT2D eigenvalue weighted by molar-refractivity contribution is 4.89. The first-order valence-electron chi connectivity index (χ1n) is 6.01. The second-order valence-electron chi connectivity index (χ2n) is 3.79. The number of rotatable bonds is 4. The molecule has 1 aliphatic rings. The van der Waals surface area contributed by atoms with Gasteiger partial charge in [-0.25, -0.2) is 0 Å². The summed E-state index contributed by atoms with van der Waals surface area (Å²) >= 11 is 0. The standard InChI is InChI=1S/C9H18N2O.C4H8/c1-9(3-8-12-2)11-6-4-10-5-7-11;1-3-4-2/h3,8-10H,4-7H2,1-2H3;3H,1,4H2,2H3/b8-3+;. The Morgan fingerprint density at radius 3 is 2.44 bits per heavy atom. The highest BCUT2D eigenvalue weighted by Crippen LogP contribution is 2.01. The number of nitrogens with zero attached hydrogens (tertiary/aromatic N) is 1. The van der Waals surface area contributed by atoms with Crippen molar-refractivity contribution in [2.24, 2.45) is 0 Å². The van der Waals surface area contributed by atoms with Crippen LogP contribution in [-0.2, 0) is 4.74 Å². The number of allylic oxidation sites excluding steroid dienone is 1. The lowest BCUT2D eigenvalue weighted by molar-refractivity contribution is 0.209. The number of hydrogen-bond donors (Lipinski definition) is 1.